The van der Waals surface area contributed by atoms with Crippen molar-refractivity contribution >= 4 is 66.2 Å². The lowest BCUT2D eigenvalue weighted by atomic mass is 10.0. The van der Waals surface area contributed by atoms with Gasteiger partial charge < -0.3 is 28.4 Å². The van der Waals surface area contributed by atoms with Crippen LogP contribution in [0.3, 0.4) is 0 Å². The van der Waals surface area contributed by atoms with Crippen LogP contribution in [0.25, 0.3) is 83.3 Å². The van der Waals surface area contributed by atoms with E-state index in [-0.39, 0.29) is 59.5 Å². The number of aryl methyl sites for hydroxylation is 6. The summed E-state index contributed by atoms with van der Waals surface area (Å²) in [5, 5.41) is 0. The van der Waals surface area contributed by atoms with Gasteiger partial charge in [0.05, 0.1) is 93.0 Å². The van der Waals surface area contributed by atoms with Gasteiger partial charge >= 0.3 is 0 Å². The normalized spacial score (nSPS) is 13.1. The van der Waals surface area contributed by atoms with Crippen LogP contribution >= 0.6 is 0 Å². The maximum absolute atomic E-state index is 8.18. The lowest BCUT2D eigenvalue weighted by molar-refractivity contribution is -0.706. The van der Waals surface area contributed by atoms with E-state index in [4.69, 9.17) is 32.5 Å². The van der Waals surface area contributed by atoms with Crippen LogP contribution in [0.1, 0.15) is 367 Å². The van der Waals surface area contributed by atoms with E-state index in [1.807, 2.05) is 45.0 Å². The first-order valence-electron chi connectivity index (χ1n) is 53.5. The van der Waals surface area contributed by atoms with Crippen molar-refractivity contribution in [3.8, 4) is 17.1 Å². The highest BCUT2D eigenvalue weighted by Crippen LogP contribution is 2.41. The Morgan fingerprint density at radius 2 is 0.433 bits per heavy atom. The number of hydrogen-bond donors (Lipinski definition) is 0. The molecule has 6 aromatic heterocycles. The van der Waals surface area contributed by atoms with Crippen LogP contribution in [0.5, 0.6) is 0 Å². The highest BCUT2D eigenvalue weighted by molar-refractivity contribution is 5.79. The molecule has 0 fully saturated rings. The summed E-state index contributed by atoms with van der Waals surface area (Å²) >= 11 is 0. The zero-order chi connectivity index (χ0) is 107. The Balaban J connectivity index is 0.000000178. The summed E-state index contributed by atoms with van der Waals surface area (Å²) in [7, 11) is 4.25. The largest absolute Gasteiger partial charge is 0.360 e. The predicted octanol–water partition coefficient (Wildman–Crippen LogP) is 28.9. The first-order chi connectivity index (χ1) is 67.0. The monoisotopic (exact) mass is 1920 g/mol. The summed E-state index contributed by atoms with van der Waals surface area (Å²) in [6.07, 6.45) is 0.899. The second-order valence-corrected chi connectivity index (χ2v) is 44.9. The van der Waals surface area contributed by atoms with E-state index in [1.54, 1.807) is 6.07 Å². The zero-order valence-electron chi connectivity index (χ0n) is 97.5. The number of aromatic nitrogens is 12. The maximum atomic E-state index is 8.18. The third kappa shape index (κ3) is 24.5. The summed E-state index contributed by atoms with van der Waals surface area (Å²) in [6, 6.07) is 76.1. The average molecular weight is 1930 g/mol. The first kappa shape index (κ1) is 108. The van der Waals surface area contributed by atoms with Gasteiger partial charge in [-0.2, -0.15) is 13.7 Å². The topological polar surface area (TPSA) is 108 Å². The Morgan fingerprint density at radius 3 is 0.709 bits per heavy atom. The summed E-state index contributed by atoms with van der Waals surface area (Å²) in [6.45, 7) is 86.0. The Morgan fingerprint density at radius 1 is 0.227 bits per heavy atom. The third-order valence-corrected chi connectivity index (χ3v) is 25.6. The molecule has 0 unspecified atom stereocenters. The van der Waals surface area contributed by atoms with Crippen molar-refractivity contribution in [2.75, 3.05) is 0 Å². The Kier molecular flexibility index (Phi) is 34.9. The molecule has 0 spiro atoms. The van der Waals surface area contributed by atoms with Crippen LogP contribution < -0.4 is 27.4 Å². The summed E-state index contributed by atoms with van der Waals surface area (Å²) in [4.78, 5) is 0. The molecule has 9 aromatic carbocycles. The minimum absolute atomic E-state index is 0.0195. The molecule has 15 rings (SSSR count). The van der Waals surface area contributed by atoms with E-state index in [9.17, 15) is 0 Å². The summed E-state index contributed by atoms with van der Waals surface area (Å²) < 4.78 is 90.5. The molecular formula is C123H180N12O6+6. The number of imidazole rings is 6. The van der Waals surface area contributed by atoms with E-state index in [2.05, 4.69) is 514 Å². The molecule has 0 bridgehead atoms. The molecular weight excluding hydrogens is 1740 g/mol. The van der Waals surface area contributed by atoms with E-state index in [0.717, 1.165) is 28.1 Å². The second-order valence-electron chi connectivity index (χ2n) is 44.9. The molecule has 18 nitrogen and oxygen atoms in total. The maximum Gasteiger partial charge on any atom is 0.295 e. The fraction of sp³-hybridized carbons (Fsp3) is 0.512. The zero-order valence-corrected chi connectivity index (χ0v) is 94.5. The van der Waals surface area contributed by atoms with Crippen molar-refractivity contribution in [1.82, 2.24) is 27.4 Å². The fourth-order valence-electron chi connectivity index (χ4n) is 22.0. The lowest BCUT2D eigenvalue weighted by Gasteiger charge is -2.27. The van der Waals surface area contributed by atoms with Crippen LogP contribution in [0.15, 0.2) is 212 Å². The number of rotatable bonds is 28. The standard InChI is InChI=1S/2C24H33N2O.C22H29N2O.C19H31N2O.2C17H27N2O/c2*1-16(2)25-20-14-9-10-15-21(20)26(22-18(5)12-11-13-19(22)6)23(25)24(7,8)27-17(3)4;1-16(2)23-19-14-10-11-15-20(19)24(18-12-8-7-9-13-18)21(23)22(5,6)25-17(3)4;1-13(2)20-16-11-9-10-12-17(16)21(14(3)4)18(20)19(7,8)22-15(5)6;2*1-12(2)19-15-11-9-8-10-14(15)18(7)16(19)17(5,6)20-13(3)4/h2*9-17H,1-8H3;7-17H,1-6H3;9-15H,1-8H3;2*8-13H,1-7H3/q6*+1/i5D3;;;;;. The minimum atomic E-state index is -2.23. The Hall–Kier alpha value is -10.4. The fourth-order valence-corrected chi connectivity index (χ4v) is 22.0. The van der Waals surface area contributed by atoms with Crippen LogP contribution in [0.2, 0.25) is 0 Å². The average Bonchev–Trinajstić information content (AvgIpc) is 1.56. The molecule has 141 heavy (non-hydrogen) atoms. The van der Waals surface area contributed by atoms with Crippen molar-refractivity contribution in [2.45, 2.75) is 403 Å². The molecule has 0 radical (unpaired) electrons. The summed E-state index contributed by atoms with van der Waals surface area (Å²) in [5.41, 5.74) is 18.9. The predicted molar refractivity (Wildman–Crippen MR) is 586 cm³/mol. The quantitative estimate of drug-likeness (QED) is 0.0452. The third-order valence-electron chi connectivity index (χ3n) is 25.6. The first-order valence-corrected chi connectivity index (χ1v) is 52.0. The van der Waals surface area contributed by atoms with Crippen LogP contribution in [-0.4, -0.2) is 64.0 Å². The molecule has 0 amide bonds. The molecule has 0 saturated heterocycles. The molecule has 0 atom stereocenters. The lowest BCUT2D eigenvalue weighted by Crippen LogP contribution is -2.47. The number of nitrogens with zero attached hydrogens (tertiary/aromatic N) is 12. The van der Waals surface area contributed by atoms with Gasteiger partial charge in [-0.3, -0.25) is 0 Å². The Labute approximate surface area is 852 Å². The number of para-hydroxylation sites is 15. The van der Waals surface area contributed by atoms with Gasteiger partial charge in [-0.25, -0.2) is 41.1 Å². The molecule has 762 valence electrons. The van der Waals surface area contributed by atoms with Gasteiger partial charge in [0.25, 0.3) is 34.9 Å². The smallest absolute Gasteiger partial charge is 0.295 e. The molecule has 0 aliphatic heterocycles. The van der Waals surface area contributed by atoms with Crippen molar-refractivity contribution in [1.29, 1.82) is 0 Å². The Bertz CT molecular complexity index is 6670. The number of ether oxygens (including phenoxy) is 6. The van der Waals surface area contributed by atoms with Crippen LogP contribution in [0, 0.1) is 27.6 Å². The van der Waals surface area contributed by atoms with E-state index >= 15 is 0 Å². The minimum Gasteiger partial charge on any atom is -0.360 e. The van der Waals surface area contributed by atoms with Crippen molar-refractivity contribution in [3.63, 3.8) is 0 Å². The number of hydrogen-bond acceptors (Lipinski definition) is 6. The summed E-state index contributed by atoms with van der Waals surface area (Å²) in [5.74, 6) is 6.96. The molecule has 15 aromatic rings. The van der Waals surface area contributed by atoms with Crippen molar-refractivity contribution < 1.29 is 59.9 Å². The van der Waals surface area contributed by atoms with Gasteiger partial charge in [-0.1, -0.05) is 127 Å². The van der Waals surface area contributed by atoms with Crippen LogP contribution in [0.4, 0.5) is 0 Å². The second kappa shape index (κ2) is 45.7. The molecule has 0 N–H and O–H groups in total. The van der Waals surface area contributed by atoms with Crippen molar-refractivity contribution in [2.24, 2.45) is 14.1 Å². The van der Waals surface area contributed by atoms with E-state index in [1.165, 1.54) is 101 Å². The molecule has 0 aliphatic rings. The molecule has 0 aliphatic carbocycles. The van der Waals surface area contributed by atoms with Crippen molar-refractivity contribution in [3.05, 3.63) is 270 Å². The number of benzene rings is 9. The van der Waals surface area contributed by atoms with Gasteiger partial charge in [0.2, 0.25) is 0 Å². The highest BCUT2D eigenvalue weighted by atomic mass is 16.5. The van der Waals surface area contributed by atoms with E-state index < -0.39 is 23.7 Å². The van der Waals surface area contributed by atoms with E-state index in [0.29, 0.717) is 47.5 Å². The van der Waals surface area contributed by atoms with Crippen LogP contribution in [-0.2, 0) is 76.1 Å². The molecule has 6 heterocycles. The SMILES string of the molecule is CC(C)OC(C)(C)c1n(-c2ccccc2)c2ccccc2[n+]1C(C)C.CC(C)OC(C)(C)c1n(C(C)C)c2ccccc2[n+]1C.CC(C)OC(C)(C)c1n(C(C)C)c2ccccc2[n+]1C.CC(C)OC(C)(C)c1n(C(C)C)c2ccccc2[n+]1C(C)C.Cc1cccc(C)c1-n1c(C(C)(C)OC(C)C)[n+](C(C)C)c2ccccc21.[2H]C([2H])([2H])c1cccc(C)c1-n1c(C(C)(C)OC(C)C)[n+](C(C)C)c2ccccc21. The molecule has 18 heteroatoms. The van der Waals surface area contributed by atoms with Gasteiger partial charge in [-0.15, -0.1) is 0 Å². The van der Waals surface area contributed by atoms with Gasteiger partial charge in [0.1, 0.15) is 17.1 Å². The highest BCUT2D eigenvalue weighted by Gasteiger charge is 2.48. The van der Waals surface area contributed by atoms with Gasteiger partial charge in [0.15, 0.2) is 99.8 Å². The number of fused-ring (bicyclic) bond motifs is 6. The molecule has 0 saturated carbocycles. The van der Waals surface area contributed by atoms with Gasteiger partial charge in [-0.05, 0) is 398 Å². The van der Waals surface area contributed by atoms with Gasteiger partial charge in [0, 0.05) is 4.11 Å².